The van der Waals surface area contributed by atoms with Crippen molar-refractivity contribution in [3.05, 3.63) is 0 Å². The number of carboxylic acids is 8. The molecule has 0 amide bonds. The maximum Gasteiger partial charge on any atom is 3.00 e. The number of halogens is 1. The smallest absolute Gasteiger partial charge is 0.547 e. The maximum absolute atomic E-state index is 10.1. The summed E-state index contributed by atoms with van der Waals surface area (Å²) in [5.41, 5.74) is 0. The molecule has 33 heteroatoms. The van der Waals surface area contributed by atoms with Crippen molar-refractivity contribution in [3.8, 4) is 0 Å². The van der Waals surface area contributed by atoms with Crippen LogP contribution >= 0.6 is 11.9 Å². The van der Waals surface area contributed by atoms with Gasteiger partial charge in [0.05, 0.1) is 96.6 Å². The molecule has 0 aliphatic carbocycles. The summed E-state index contributed by atoms with van der Waals surface area (Å²) in [6.45, 7) is 10.3. The summed E-state index contributed by atoms with van der Waals surface area (Å²) >= 11 is 4.49. The molecule has 9 N–H and O–H groups in total. The van der Waals surface area contributed by atoms with E-state index in [4.69, 9.17) is 46.0 Å². The molecule has 0 bridgehead atoms. The van der Waals surface area contributed by atoms with E-state index in [0.717, 1.165) is 55.4 Å². The number of hydrogen-bond donors (Lipinski definition) is 9. The molecule has 9 atom stereocenters. The molecule has 0 aliphatic heterocycles. The molecule has 0 heterocycles. The van der Waals surface area contributed by atoms with Gasteiger partial charge >= 0.3 is 99.8 Å². The van der Waals surface area contributed by atoms with Crippen molar-refractivity contribution in [1.29, 1.82) is 0 Å². The van der Waals surface area contributed by atoms with Crippen LogP contribution < -0.4 is 100.0 Å². The van der Waals surface area contributed by atoms with E-state index in [1.54, 1.807) is 0 Å². The van der Waals surface area contributed by atoms with E-state index in [0.29, 0.717) is 0 Å². The molecule has 28 nitrogen and oxygen atoms in total. The van der Waals surface area contributed by atoms with Crippen molar-refractivity contribution in [3.63, 3.8) is 0 Å². The van der Waals surface area contributed by atoms with Crippen molar-refractivity contribution < 1.29 is 198 Å². The Kier molecular flexibility index (Phi) is 95.5. The summed E-state index contributed by atoms with van der Waals surface area (Å²) < 4.78 is 3.43. The van der Waals surface area contributed by atoms with Crippen LogP contribution in [-0.4, -0.2) is 189 Å². The predicted molar refractivity (Wildman–Crippen MR) is 170 cm³/mol. The second kappa shape index (κ2) is 61.5. The number of carbonyl (C=O) groups is 9. The molecule has 0 aromatic rings. The minimum Gasteiger partial charge on any atom is -0.547 e. The first-order valence-corrected chi connectivity index (χ1v) is 14.4. The quantitative estimate of drug-likeness (QED) is 0.0558. The number of rotatable bonds is 10. The van der Waals surface area contributed by atoms with Gasteiger partial charge in [0.25, 0.3) is 0 Å². The van der Waals surface area contributed by atoms with Crippen LogP contribution in [0, 0.1) is 0 Å². The summed E-state index contributed by atoms with van der Waals surface area (Å²) in [5, 5.41) is 147. The Labute approximate surface area is 412 Å². The van der Waals surface area contributed by atoms with Crippen LogP contribution in [0.25, 0.3) is 0 Å². The predicted octanol–water partition coefficient (Wildman–Crippen LogP) is -21.8. The molecule has 0 rings (SSSR count). The molecule has 0 saturated heterocycles. The second-order valence-corrected chi connectivity index (χ2v) is 9.23. The Balaban J connectivity index is -0.0000000374. The number of aliphatic hydroxyl groups excluding tert-OH is 9. The van der Waals surface area contributed by atoms with Gasteiger partial charge in [0, 0.05) is 0 Å². The molecule has 0 saturated carbocycles. The number of carboxylic acid groups (broad SMARTS) is 8. The van der Waals surface area contributed by atoms with Crippen molar-refractivity contribution in [2.45, 2.75) is 117 Å². The van der Waals surface area contributed by atoms with Gasteiger partial charge in [-0.1, -0.05) is 4.44 Å². The third-order valence-corrected chi connectivity index (χ3v) is 3.25. The Morgan fingerprint density at radius 3 is 0.433 bits per heavy atom. The van der Waals surface area contributed by atoms with Crippen LogP contribution in [-0.2, 0) is 52.5 Å². The zero-order valence-electron chi connectivity index (χ0n) is 34.0. The first-order valence-electron chi connectivity index (χ1n) is 14.1. The van der Waals surface area contributed by atoms with Crippen LogP contribution in [0.15, 0.2) is 0 Å². The monoisotopic (exact) mass is 952 g/mol. The average Bonchev–Trinajstić information content (AvgIpc) is 3.03. The SMILES string of the molecule is CC(O)C(=O)OOCl.CC(O)C(=O)[O-].CC(O)C(=O)[O-].CC(O)C(=O)[O-].CC(O)C(=O)[O-].CC(O)C(=O)[O-].CC(O)C(=O)[O-].CC(O)C(=O)[O-].CC(O)C(=O)[O-].[Al+3].[Al+3].[Na+].[Na+]. The van der Waals surface area contributed by atoms with E-state index in [1.165, 1.54) is 6.92 Å². The molecule has 60 heavy (non-hydrogen) atoms. The fourth-order valence-corrected chi connectivity index (χ4v) is 0.163. The Morgan fingerprint density at radius 2 is 0.417 bits per heavy atom. The van der Waals surface area contributed by atoms with E-state index < -0.39 is 109 Å². The van der Waals surface area contributed by atoms with Crippen LogP contribution in [0.1, 0.15) is 62.3 Å². The Morgan fingerprint density at radius 1 is 0.333 bits per heavy atom. The molecule has 0 radical (unpaired) electrons. The van der Waals surface area contributed by atoms with Crippen LogP contribution in [0.4, 0.5) is 0 Å². The van der Waals surface area contributed by atoms with Crippen molar-refractivity contribution in [1.82, 2.24) is 0 Å². The van der Waals surface area contributed by atoms with Crippen LogP contribution in [0.2, 0.25) is 0 Å². The fraction of sp³-hybridized carbons (Fsp3) is 0.667. The summed E-state index contributed by atoms with van der Waals surface area (Å²) in [7, 11) is 0. The standard InChI is InChI=1S/C3H5ClO4.8C3H6O3.2Al.2Na/c1-2(5)3(6)7-8-4;8*1-2(4)3(5)6;;;;/h2,5H,1H3;8*2,4H,1H3,(H,5,6);;;;/q;;;;;;;;;2*+3;2*+1/p-8. The number of aliphatic carboxylic acids is 8. The molecule has 9 unspecified atom stereocenters. The summed E-state index contributed by atoms with van der Waals surface area (Å²) in [6, 6.07) is 0. The second-order valence-electron chi connectivity index (χ2n) is 9.10. The van der Waals surface area contributed by atoms with Gasteiger partial charge in [-0.15, -0.1) is 0 Å². The van der Waals surface area contributed by atoms with Gasteiger partial charge in [0.2, 0.25) is 0 Å². The zero-order valence-corrected chi connectivity index (χ0v) is 41.1. The molecule has 0 aromatic carbocycles. The molecule has 336 valence electrons. The van der Waals surface area contributed by atoms with Crippen molar-refractivity contribution >= 4 is 100 Å². The number of carbonyl (C=O) groups excluding carboxylic acids is 9. The number of aliphatic hydroxyl groups is 9. The summed E-state index contributed by atoms with van der Waals surface area (Å²) in [5.74, 6) is -12.4. The minimum atomic E-state index is -1.44. The van der Waals surface area contributed by atoms with Gasteiger partial charge in [-0.2, -0.15) is 0 Å². The summed E-state index contributed by atoms with van der Waals surface area (Å²) in [6.07, 6.45) is -11.9. The van der Waals surface area contributed by atoms with Gasteiger partial charge in [-0.3, -0.25) is 4.89 Å². The van der Waals surface area contributed by atoms with E-state index in [9.17, 15) is 84.0 Å². The van der Waals surface area contributed by atoms with Crippen LogP contribution in [0.3, 0.4) is 0 Å². The van der Waals surface area contributed by atoms with E-state index >= 15 is 0 Å². The first-order chi connectivity index (χ1) is 24.8. The van der Waals surface area contributed by atoms with Gasteiger partial charge < -0.3 is 125 Å². The number of hydrogen-bond acceptors (Lipinski definition) is 28. The minimum absolute atomic E-state index is 0. The van der Waals surface area contributed by atoms with E-state index in [1.807, 2.05) is 0 Å². The molecule has 0 aromatic heterocycles. The molecular weight excluding hydrogens is 908 g/mol. The fourth-order valence-electron chi connectivity index (χ4n) is 0.101. The van der Waals surface area contributed by atoms with Gasteiger partial charge in [-0.05, 0) is 62.3 Å². The van der Waals surface area contributed by atoms with Crippen LogP contribution in [0.5, 0.6) is 0 Å². The molecule has 0 fully saturated rings. The topological polar surface area (TPSA) is 539 Å². The Bertz CT molecular complexity index is 876. The van der Waals surface area contributed by atoms with Gasteiger partial charge in [0.1, 0.15) is 11.9 Å². The van der Waals surface area contributed by atoms with Crippen molar-refractivity contribution in [2.75, 3.05) is 0 Å². The first kappa shape index (κ1) is 93.2. The third-order valence-electron chi connectivity index (χ3n) is 3.18. The molecule has 0 aliphatic rings. The zero-order chi connectivity index (χ0) is 47.8. The van der Waals surface area contributed by atoms with Gasteiger partial charge in [0.15, 0.2) is 6.10 Å². The van der Waals surface area contributed by atoms with Crippen molar-refractivity contribution in [2.24, 2.45) is 0 Å². The van der Waals surface area contributed by atoms with Gasteiger partial charge in [-0.25, -0.2) is 4.79 Å². The molecular formula is C27H45Al2ClNa2O28. The Hall–Kier alpha value is -1.82. The third kappa shape index (κ3) is 124. The molecule has 0 spiro atoms. The normalized spacial score (nSPS) is 12.7. The maximum atomic E-state index is 10.1. The summed E-state index contributed by atoms with van der Waals surface area (Å²) in [4.78, 5) is 88.4. The van der Waals surface area contributed by atoms with E-state index in [-0.39, 0.29) is 93.8 Å². The largest absolute Gasteiger partial charge is 3.00 e. The average molecular weight is 953 g/mol. The van der Waals surface area contributed by atoms with E-state index in [2.05, 4.69) is 21.2 Å².